The predicted octanol–water partition coefficient (Wildman–Crippen LogP) is 9.94. The number of fused-ring (bicyclic) bond motifs is 8. The molecule has 5 aromatic rings. The van der Waals surface area contributed by atoms with E-state index in [1.165, 1.54) is 22.3 Å². The van der Waals surface area contributed by atoms with Gasteiger partial charge in [-0.15, -0.1) is 0 Å². The summed E-state index contributed by atoms with van der Waals surface area (Å²) in [5.74, 6) is 1.67. The monoisotopic (exact) mass is 638 g/mol. The minimum absolute atomic E-state index is 0.164. The van der Waals surface area contributed by atoms with Crippen LogP contribution in [0.3, 0.4) is 0 Å². The van der Waals surface area contributed by atoms with Crippen molar-refractivity contribution < 1.29 is 9.47 Å². The van der Waals surface area contributed by atoms with E-state index in [4.69, 9.17) is 19.4 Å². The summed E-state index contributed by atoms with van der Waals surface area (Å²) in [7, 11) is 3.42. The average Bonchev–Trinajstić information content (AvgIpc) is 3.71. The first-order valence-corrected chi connectivity index (χ1v) is 16.8. The molecule has 6 heteroatoms. The lowest BCUT2D eigenvalue weighted by Gasteiger charge is -2.17. The van der Waals surface area contributed by atoms with Crippen LogP contribution in [-0.4, -0.2) is 34.2 Å². The van der Waals surface area contributed by atoms with Gasteiger partial charge in [0.05, 0.1) is 36.6 Å². The molecule has 0 aliphatic carbocycles. The number of nitrogens with one attached hydrogen (secondary N) is 2. The quantitative estimate of drug-likeness (QED) is 0.205. The number of ether oxygens (including phenoxy) is 2. The Balaban J connectivity index is 1.67. The van der Waals surface area contributed by atoms with Crippen LogP contribution < -0.4 is 9.47 Å². The molecule has 0 spiro atoms. The van der Waals surface area contributed by atoms with E-state index in [2.05, 4.69) is 102 Å². The van der Waals surface area contributed by atoms with E-state index in [9.17, 15) is 0 Å². The fourth-order valence-corrected chi connectivity index (χ4v) is 7.35. The van der Waals surface area contributed by atoms with Crippen LogP contribution in [0.25, 0.3) is 44.3 Å². The number of aryl methyl sites for hydroxylation is 4. The zero-order chi connectivity index (χ0) is 34.1. The van der Waals surface area contributed by atoms with Crippen molar-refractivity contribution in [1.29, 1.82) is 0 Å². The second kappa shape index (κ2) is 11.4. The molecule has 0 radical (unpaired) electrons. The molecule has 2 aromatic carbocycles. The number of rotatable bonds is 4. The molecule has 7 rings (SSSR count). The van der Waals surface area contributed by atoms with Crippen molar-refractivity contribution in [3.63, 3.8) is 0 Å². The molecular weight excluding hydrogens is 592 g/mol. The number of nitrogens with zero attached hydrogens (tertiary/aromatic N) is 2. The Morgan fingerprint density at radius 3 is 1.23 bits per heavy atom. The van der Waals surface area contributed by atoms with Crippen LogP contribution in [0.2, 0.25) is 0 Å². The molecule has 246 valence electrons. The highest BCUT2D eigenvalue weighted by Gasteiger charge is 2.33. The largest absolute Gasteiger partial charge is 0.497 e. The maximum Gasteiger partial charge on any atom is 0.118 e. The number of aromatic nitrogens is 4. The van der Waals surface area contributed by atoms with Gasteiger partial charge in [0.25, 0.3) is 0 Å². The van der Waals surface area contributed by atoms with Gasteiger partial charge in [-0.05, 0) is 97.5 Å². The van der Waals surface area contributed by atoms with E-state index in [0.29, 0.717) is 0 Å². The maximum atomic E-state index is 5.52. The minimum Gasteiger partial charge on any atom is -0.497 e. The number of benzene rings is 2. The molecule has 2 N–H and O–H groups in total. The third-order valence-electron chi connectivity index (χ3n) is 10.7. The van der Waals surface area contributed by atoms with Crippen molar-refractivity contribution in [3.05, 3.63) is 106 Å². The van der Waals surface area contributed by atoms with Gasteiger partial charge in [-0.25, -0.2) is 0 Å². The third-order valence-corrected chi connectivity index (χ3v) is 10.7. The van der Waals surface area contributed by atoms with Crippen LogP contribution in [0.4, 0.5) is 0 Å². The first kappa shape index (κ1) is 31.7. The van der Waals surface area contributed by atoms with Gasteiger partial charge in [-0.2, -0.15) is 0 Å². The first-order valence-electron chi connectivity index (χ1n) is 16.8. The lowest BCUT2D eigenvalue weighted by molar-refractivity contribution is 0.415. The first-order chi connectivity index (χ1) is 22.8. The normalized spacial score (nSPS) is 15.0. The van der Waals surface area contributed by atoms with Crippen molar-refractivity contribution in [2.24, 2.45) is 0 Å². The summed E-state index contributed by atoms with van der Waals surface area (Å²) < 4.78 is 11.0. The average molecular weight is 639 g/mol. The summed E-state index contributed by atoms with van der Waals surface area (Å²) in [4.78, 5) is 18.6. The van der Waals surface area contributed by atoms with Crippen molar-refractivity contribution in [2.45, 2.75) is 79.1 Å². The maximum absolute atomic E-state index is 5.52. The van der Waals surface area contributed by atoms with Crippen LogP contribution in [0.1, 0.15) is 72.7 Å². The molecule has 0 amide bonds. The van der Waals surface area contributed by atoms with Crippen molar-refractivity contribution in [2.75, 3.05) is 14.2 Å². The van der Waals surface area contributed by atoms with Gasteiger partial charge in [0.2, 0.25) is 0 Å². The second-order valence-corrected chi connectivity index (χ2v) is 14.8. The van der Waals surface area contributed by atoms with Crippen LogP contribution in [-0.2, 0) is 23.7 Å². The van der Waals surface area contributed by atoms with Crippen LogP contribution in [0, 0.1) is 27.7 Å². The summed E-state index contributed by atoms with van der Waals surface area (Å²) >= 11 is 0. The fourth-order valence-electron chi connectivity index (χ4n) is 7.35. The molecular formula is C42H46N4O2. The Morgan fingerprint density at radius 2 is 0.896 bits per heavy atom. The van der Waals surface area contributed by atoms with Gasteiger partial charge < -0.3 is 19.4 Å². The molecule has 48 heavy (non-hydrogen) atoms. The second-order valence-electron chi connectivity index (χ2n) is 14.8. The molecule has 0 fully saturated rings. The molecule has 2 aliphatic rings. The zero-order valence-corrected chi connectivity index (χ0v) is 29.9. The summed E-state index contributed by atoms with van der Waals surface area (Å²) in [5.41, 5.74) is 17.8. The lowest BCUT2D eigenvalue weighted by atomic mass is 9.85. The number of hydrogen-bond acceptors (Lipinski definition) is 4. The van der Waals surface area contributed by atoms with Gasteiger partial charge in [-0.3, -0.25) is 9.97 Å². The number of methoxy groups -OCH3 is 2. The van der Waals surface area contributed by atoms with Gasteiger partial charge in [-0.1, -0.05) is 52.0 Å². The van der Waals surface area contributed by atoms with E-state index >= 15 is 0 Å². The van der Waals surface area contributed by atoms with Crippen LogP contribution >= 0.6 is 0 Å². The summed E-state index contributed by atoms with van der Waals surface area (Å²) in [6.45, 7) is 18.1. The molecule has 3 aromatic heterocycles. The smallest absolute Gasteiger partial charge is 0.118 e. The molecule has 6 nitrogen and oxygen atoms in total. The van der Waals surface area contributed by atoms with E-state index in [0.717, 1.165) is 91.4 Å². The van der Waals surface area contributed by atoms with Crippen molar-refractivity contribution in [1.82, 2.24) is 19.9 Å². The number of aromatic amines is 2. The summed E-state index contributed by atoms with van der Waals surface area (Å²) in [5, 5.41) is 0. The van der Waals surface area contributed by atoms with Gasteiger partial charge in [0.1, 0.15) is 11.5 Å². The Bertz CT molecular complexity index is 2070. The minimum atomic E-state index is -0.164. The molecule has 8 bridgehead atoms. The molecule has 5 heterocycles. The van der Waals surface area contributed by atoms with E-state index in [-0.39, 0.29) is 10.8 Å². The van der Waals surface area contributed by atoms with Crippen molar-refractivity contribution >= 4 is 22.1 Å². The highest BCUT2D eigenvalue weighted by molar-refractivity contribution is 5.90. The van der Waals surface area contributed by atoms with Gasteiger partial charge in [0.15, 0.2) is 0 Å². The molecule has 0 unspecified atom stereocenters. The Morgan fingerprint density at radius 1 is 0.542 bits per heavy atom. The molecule has 0 saturated carbocycles. The zero-order valence-electron chi connectivity index (χ0n) is 29.9. The number of H-pyrrole nitrogens is 2. The van der Waals surface area contributed by atoms with Crippen LogP contribution in [0.15, 0.2) is 60.7 Å². The highest BCUT2D eigenvalue weighted by Crippen LogP contribution is 2.42. The lowest BCUT2D eigenvalue weighted by Crippen LogP contribution is -2.15. The standard InChI is InChI=1S/C42H46N4O2/c1-23-25(3)39-37(27-11-15-29(47-9)16-12-27)33-21-42(7,8)36(44-33)20-32-24(2)26(4)40(46-32)38(28-13-17-30(48-10)18-14-28)34-22-41(5,6)35(43-34)19-31(23)45-39/h11-20,45-46H,21-22H2,1-10H3. The molecule has 2 aliphatic heterocycles. The summed E-state index contributed by atoms with van der Waals surface area (Å²) in [6, 6.07) is 21.3. The SMILES string of the molecule is COc1ccc(-c2c3nc(cc4[nH]c(c(C)c4C)c(-c4ccc(OC)cc4)c4nc(cc5[nH]c2c(C)c5C)C(C)(C)C4)C(C)(C)C3)cc1. The Labute approximate surface area is 283 Å². The van der Waals surface area contributed by atoms with E-state index in [1.54, 1.807) is 14.2 Å². The van der Waals surface area contributed by atoms with Gasteiger partial charge in [0, 0.05) is 57.2 Å². The van der Waals surface area contributed by atoms with E-state index < -0.39 is 0 Å². The van der Waals surface area contributed by atoms with E-state index in [1.807, 2.05) is 24.3 Å². The Kier molecular flexibility index (Phi) is 7.54. The van der Waals surface area contributed by atoms with Crippen molar-refractivity contribution in [3.8, 4) is 33.8 Å². The van der Waals surface area contributed by atoms with Gasteiger partial charge >= 0.3 is 0 Å². The van der Waals surface area contributed by atoms with Crippen LogP contribution in [0.5, 0.6) is 11.5 Å². The fraction of sp³-hybridized carbons (Fsp3) is 0.333. The Hall–Kier alpha value is -4.84. The molecule has 0 saturated heterocycles. The predicted molar refractivity (Wildman–Crippen MR) is 197 cm³/mol. The summed E-state index contributed by atoms with van der Waals surface area (Å²) in [6.07, 6.45) is 1.65. The topological polar surface area (TPSA) is 75.8 Å². The third kappa shape index (κ3) is 5.18. The highest BCUT2D eigenvalue weighted by atomic mass is 16.5. The number of hydrogen-bond donors (Lipinski definition) is 2. The molecule has 0 atom stereocenters.